The van der Waals surface area contributed by atoms with E-state index in [2.05, 4.69) is 5.32 Å². The van der Waals surface area contributed by atoms with Crippen molar-refractivity contribution >= 4 is 17.8 Å². The minimum absolute atomic E-state index is 0.00606. The number of carbonyl (C=O) groups excluding carboxylic acids is 2. The van der Waals surface area contributed by atoms with Gasteiger partial charge >= 0.3 is 18.1 Å². The van der Waals surface area contributed by atoms with E-state index < -0.39 is 18.2 Å². The second-order valence-electron chi connectivity index (χ2n) is 5.17. The number of rotatable bonds is 3. The third-order valence-corrected chi connectivity index (χ3v) is 3.26. The predicted molar refractivity (Wildman–Crippen MR) is 73.2 cm³/mol. The van der Waals surface area contributed by atoms with Crippen LogP contribution in [0, 0.1) is 5.92 Å². The summed E-state index contributed by atoms with van der Waals surface area (Å²) in [4.78, 5) is 31.5. The molecule has 10 heteroatoms. The van der Waals surface area contributed by atoms with Gasteiger partial charge in [-0.25, -0.2) is 4.79 Å². The molecule has 0 aliphatic heterocycles. The molecule has 0 saturated heterocycles. The van der Waals surface area contributed by atoms with Gasteiger partial charge in [-0.1, -0.05) is 0 Å². The van der Waals surface area contributed by atoms with E-state index in [1.807, 2.05) is 0 Å². The van der Waals surface area contributed by atoms with E-state index in [4.69, 9.17) is 20.4 Å². The molecule has 0 unspecified atom stereocenters. The van der Waals surface area contributed by atoms with Crippen LogP contribution in [-0.4, -0.2) is 48.3 Å². The highest BCUT2D eigenvalue weighted by Crippen LogP contribution is 2.25. The first kappa shape index (κ1) is 21.2. The van der Waals surface area contributed by atoms with Gasteiger partial charge in [-0.2, -0.15) is 13.2 Å². The quantitative estimate of drug-likeness (QED) is 0.653. The molecule has 1 saturated carbocycles. The van der Waals surface area contributed by atoms with Gasteiger partial charge in [0.2, 0.25) is 5.91 Å². The van der Waals surface area contributed by atoms with E-state index in [1.165, 1.54) is 7.11 Å². The largest absolute Gasteiger partial charge is 0.490 e. The average molecular weight is 342 g/mol. The Bertz CT molecular complexity index is 418. The summed E-state index contributed by atoms with van der Waals surface area (Å²) in [5.41, 5.74) is 5.46. The first-order chi connectivity index (χ1) is 10.5. The van der Waals surface area contributed by atoms with Gasteiger partial charge < -0.3 is 20.9 Å². The highest BCUT2D eigenvalue weighted by atomic mass is 19.4. The molecular formula is C13H21F3N2O5. The van der Waals surface area contributed by atoms with Gasteiger partial charge in [0.15, 0.2) is 0 Å². The first-order valence-corrected chi connectivity index (χ1v) is 6.93. The molecule has 0 aromatic carbocycles. The number of ether oxygens (including phenoxy) is 1. The lowest BCUT2D eigenvalue weighted by molar-refractivity contribution is -0.192. The average Bonchev–Trinajstić information content (AvgIpc) is 2.46. The molecule has 0 radical (unpaired) electrons. The molecule has 1 rings (SSSR count). The van der Waals surface area contributed by atoms with Crippen molar-refractivity contribution in [2.24, 2.45) is 11.7 Å². The number of amides is 1. The second kappa shape index (κ2) is 9.33. The zero-order valence-electron chi connectivity index (χ0n) is 12.9. The van der Waals surface area contributed by atoms with Crippen molar-refractivity contribution in [3.8, 4) is 0 Å². The summed E-state index contributed by atoms with van der Waals surface area (Å²) in [6, 6.07) is -0.322. The van der Waals surface area contributed by atoms with Crippen molar-refractivity contribution in [3.05, 3.63) is 0 Å². The fourth-order valence-corrected chi connectivity index (χ4v) is 1.97. The highest BCUT2D eigenvalue weighted by Gasteiger charge is 2.38. The van der Waals surface area contributed by atoms with Gasteiger partial charge in [-0.3, -0.25) is 9.59 Å². The van der Waals surface area contributed by atoms with Crippen LogP contribution in [-0.2, 0) is 19.1 Å². The molecule has 7 nitrogen and oxygen atoms in total. The first-order valence-electron chi connectivity index (χ1n) is 6.93. The standard InChI is InChI=1S/C11H20N2O3.C2HF3O2/c1-7(12)10(14)13-9-5-3-8(4-6-9)11(15)16-2;3-2(4,5)1(6)7/h7-9H,3-6,12H2,1-2H3,(H,13,14);(H,6,7)/t7-,8-,9-;/m0./s1. The van der Waals surface area contributed by atoms with Gasteiger partial charge in [0.05, 0.1) is 19.1 Å². The van der Waals surface area contributed by atoms with E-state index in [0.29, 0.717) is 0 Å². The molecule has 134 valence electrons. The molecule has 1 aliphatic carbocycles. The zero-order chi connectivity index (χ0) is 18.2. The van der Waals surface area contributed by atoms with Crippen LogP contribution in [0.25, 0.3) is 0 Å². The van der Waals surface area contributed by atoms with Crippen LogP contribution in [0.15, 0.2) is 0 Å². The van der Waals surface area contributed by atoms with Gasteiger partial charge in [-0.15, -0.1) is 0 Å². The number of alkyl halides is 3. The lowest BCUT2D eigenvalue weighted by atomic mass is 9.86. The molecule has 0 bridgehead atoms. The number of carboxylic acid groups (broad SMARTS) is 1. The molecule has 1 aliphatic rings. The van der Waals surface area contributed by atoms with Crippen molar-refractivity contribution in [1.29, 1.82) is 0 Å². The summed E-state index contributed by atoms with van der Waals surface area (Å²) in [7, 11) is 1.41. The Labute approximate surface area is 131 Å². The Kier molecular flexibility index (Phi) is 8.59. The molecule has 0 spiro atoms. The zero-order valence-corrected chi connectivity index (χ0v) is 12.9. The summed E-state index contributed by atoms with van der Waals surface area (Å²) >= 11 is 0. The van der Waals surface area contributed by atoms with Crippen molar-refractivity contribution in [2.45, 2.75) is 50.9 Å². The van der Waals surface area contributed by atoms with Crippen LogP contribution in [0.3, 0.4) is 0 Å². The van der Waals surface area contributed by atoms with Crippen molar-refractivity contribution in [1.82, 2.24) is 5.32 Å². The predicted octanol–water partition coefficient (Wildman–Crippen LogP) is 0.815. The lowest BCUT2D eigenvalue weighted by Gasteiger charge is -2.28. The maximum absolute atomic E-state index is 11.4. The monoisotopic (exact) mass is 342 g/mol. The van der Waals surface area contributed by atoms with Gasteiger partial charge in [0, 0.05) is 6.04 Å². The third kappa shape index (κ3) is 8.38. The summed E-state index contributed by atoms with van der Waals surface area (Å²) in [6.45, 7) is 1.66. The summed E-state index contributed by atoms with van der Waals surface area (Å²) in [6.07, 6.45) is -1.90. The van der Waals surface area contributed by atoms with Gasteiger partial charge in [0.25, 0.3) is 0 Å². The topological polar surface area (TPSA) is 119 Å². The summed E-state index contributed by atoms with van der Waals surface area (Å²) < 4.78 is 36.4. The fraction of sp³-hybridized carbons (Fsp3) is 0.769. The Morgan fingerprint density at radius 1 is 1.22 bits per heavy atom. The van der Waals surface area contributed by atoms with E-state index >= 15 is 0 Å². The molecule has 0 aromatic rings. The Morgan fingerprint density at radius 3 is 1.96 bits per heavy atom. The molecule has 1 amide bonds. The maximum atomic E-state index is 11.4. The van der Waals surface area contributed by atoms with Gasteiger partial charge in [0.1, 0.15) is 0 Å². The summed E-state index contributed by atoms with van der Waals surface area (Å²) in [5, 5.41) is 10.0. The van der Waals surface area contributed by atoms with Gasteiger partial charge in [-0.05, 0) is 32.6 Å². The number of hydrogen-bond acceptors (Lipinski definition) is 5. The van der Waals surface area contributed by atoms with Crippen LogP contribution in [0.1, 0.15) is 32.6 Å². The number of carbonyl (C=O) groups is 3. The number of halogens is 3. The Balaban J connectivity index is 0.000000585. The van der Waals surface area contributed by atoms with Crippen LogP contribution < -0.4 is 11.1 Å². The van der Waals surface area contributed by atoms with Crippen LogP contribution in [0.2, 0.25) is 0 Å². The smallest absolute Gasteiger partial charge is 0.475 e. The molecule has 1 fully saturated rings. The number of nitrogens with one attached hydrogen (secondary N) is 1. The summed E-state index contributed by atoms with van der Waals surface area (Å²) in [5.74, 6) is -3.03. The second-order valence-corrected chi connectivity index (χ2v) is 5.17. The Hall–Kier alpha value is -1.84. The van der Waals surface area contributed by atoms with Crippen LogP contribution in [0.5, 0.6) is 0 Å². The maximum Gasteiger partial charge on any atom is 0.490 e. The van der Waals surface area contributed by atoms with Crippen LogP contribution in [0.4, 0.5) is 13.2 Å². The number of nitrogens with two attached hydrogens (primary N) is 1. The third-order valence-electron chi connectivity index (χ3n) is 3.26. The highest BCUT2D eigenvalue weighted by molar-refractivity contribution is 5.81. The minimum Gasteiger partial charge on any atom is -0.475 e. The molecule has 0 heterocycles. The van der Waals surface area contributed by atoms with Crippen molar-refractivity contribution in [3.63, 3.8) is 0 Å². The Morgan fingerprint density at radius 2 is 1.65 bits per heavy atom. The van der Waals surface area contributed by atoms with Crippen LogP contribution >= 0.6 is 0 Å². The number of hydrogen-bond donors (Lipinski definition) is 3. The number of aliphatic carboxylic acids is 1. The number of esters is 1. The van der Waals surface area contributed by atoms with Crippen molar-refractivity contribution < 1.29 is 37.4 Å². The van der Waals surface area contributed by atoms with E-state index in [1.54, 1.807) is 6.92 Å². The normalized spacial score (nSPS) is 22.2. The lowest BCUT2D eigenvalue weighted by Crippen LogP contribution is -2.45. The minimum atomic E-state index is -5.08. The van der Waals surface area contributed by atoms with E-state index in [0.717, 1.165) is 25.7 Å². The van der Waals surface area contributed by atoms with Crippen molar-refractivity contribution in [2.75, 3.05) is 7.11 Å². The molecule has 0 aromatic heterocycles. The molecule has 4 N–H and O–H groups in total. The number of methoxy groups -OCH3 is 1. The fourth-order valence-electron chi connectivity index (χ4n) is 1.97. The molecule has 1 atom stereocenters. The number of carboxylic acids is 1. The van der Waals surface area contributed by atoms with E-state index in [-0.39, 0.29) is 23.8 Å². The molecule has 23 heavy (non-hydrogen) atoms. The molecular weight excluding hydrogens is 321 g/mol. The SMILES string of the molecule is COC(=O)[C@H]1CC[C@H](NC(=O)[C@H](C)N)CC1.O=C(O)C(F)(F)F. The van der Waals surface area contributed by atoms with E-state index in [9.17, 15) is 22.8 Å².